The van der Waals surface area contributed by atoms with Crippen LogP contribution in [0.3, 0.4) is 0 Å². The minimum Gasteiger partial charge on any atom is -0.304 e. The molecule has 356 valence electrons. The zero-order chi connectivity index (χ0) is 49.8. The van der Waals surface area contributed by atoms with Crippen LogP contribution in [0.15, 0.2) is 255 Å². The minimum absolute atomic E-state index is 0. The van der Waals surface area contributed by atoms with Crippen LogP contribution in [0.4, 0.5) is 0 Å². The summed E-state index contributed by atoms with van der Waals surface area (Å²) in [6.07, 6.45) is 6.08. The van der Waals surface area contributed by atoms with Crippen molar-refractivity contribution in [3.8, 4) is 123 Å². The minimum atomic E-state index is 0. The van der Waals surface area contributed by atoms with Crippen molar-refractivity contribution in [3.05, 3.63) is 285 Å². The molecule has 75 heavy (non-hydrogen) atoms. The van der Waals surface area contributed by atoms with Gasteiger partial charge in [0.15, 0.2) is 0 Å². The molecule has 12 rings (SSSR count). The first-order valence-electron chi connectivity index (χ1n) is 25.0. The molecule has 0 unspecified atom stereocenters. The number of benzene rings is 9. The number of hydrogen-bond donors (Lipinski definition) is 0. The summed E-state index contributed by atoms with van der Waals surface area (Å²) in [5.41, 5.74) is 25.4. The smallest absolute Gasteiger partial charge is 0.304 e. The Morgan fingerprint density at radius 1 is 0.253 bits per heavy atom. The molecule has 0 aliphatic heterocycles. The summed E-state index contributed by atoms with van der Waals surface area (Å²) in [4.78, 5) is 15.2. The van der Waals surface area contributed by atoms with Gasteiger partial charge in [-0.15, -0.1) is 108 Å². The Morgan fingerprint density at radius 3 is 0.987 bits per heavy atom. The summed E-state index contributed by atoms with van der Waals surface area (Å²) in [5.74, 6) is 0. The summed E-state index contributed by atoms with van der Waals surface area (Å²) in [6, 6.07) is 93.5. The van der Waals surface area contributed by atoms with E-state index in [0.717, 1.165) is 123 Å². The molecule has 0 radical (unpaired) electrons. The van der Waals surface area contributed by atoms with Crippen molar-refractivity contribution in [2.75, 3.05) is 0 Å². The third kappa shape index (κ3) is 9.98. The monoisotopic (exact) mass is 1140 g/mol. The zero-order valence-electron chi connectivity index (χ0n) is 41.4. The van der Waals surface area contributed by atoms with Crippen molar-refractivity contribution in [3.63, 3.8) is 0 Å². The van der Waals surface area contributed by atoms with E-state index in [-0.39, 0.29) is 20.1 Å². The Labute approximate surface area is 453 Å². The number of nitrogens with zero attached hydrogens (tertiary/aromatic N) is 3. The second-order valence-corrected chi connectivity index (χ2v) is 18.6. The number of aromatic nitrogens is 3. The van der Waals surface area contributed by atoms with Gasteiger partial charge in [0.05, 0.1) is 0 Å². The maximum absolute atomic E-state index is 5.15. The first-order valence-corrected chi connectivity index (χ1v) is 25.0. The fourth-order valence-corrected chi connectivity index (χ4v) is 10.2. The van der Waals surface area contributed by atoms with Crippen LogP contribution < -0.4 is 0 Å². The summed E-state index contributed by atoms with van der Waals surface area (Å²) in [7, 11) is 0. The molecule has 0 atom stereocenters. The summed E-state index contributed by atoms with van der Waals surface area (Å²) >= 11 is 0. The number of pyridine rings is 3. The van der Waals surface area contributed by atoms with Crippen LogP contribution >= 0.6 is 0 Å². The number of hydrogen-bond acceptors (Lipinski definition) is 3. The van der Waals surface area contributed by atoms with Crippen LogP contribution in [-0.2, 0) is 20.1 Å². The van der Waals surface area contributed by atoms with Crippen LogP contribution in [0.25, 0.3) is 123 Å². The van der Waals surface area contributed by atoms with Crippen LogP contribution in [-0.4, -0.2) is 15.0 Å². The Bertz CT molecular complexity index is 3800. The van der Waals surface area contributed by atoms with Gasteiger partial charge in [0.2, 0.25) is 0 Å². The van der Waals surface area contributed by atoms with Crippen molar-refractivity contribution >= 4 is 0 Å². The van der Waals surface area contributed by atoms with Gasteiger partial charge < -0.3 is 15.0 Å². The fraction of sp³-hybridized carbons (Fsp3) is 0.0282. The Hall–Kier alpha value is -8.92. The van der Waals surface area contributed by atoms with E-state index in [9.17, 15) is 0 Å². The molecule has 0 aliphatic carbocycles. The topological polar surface area (TPSA) is 38.7 Å². The SMILES string of the molecule is Cc1cc(-c2[c-]cccc2)ncc1-c1ccccc1-c1cc(-c2ccccc2-c2cnc(-c3[c-]cccc3)cc2C)cc(-c2ccccc2-c2cnc(-c3[c-]cccc3)cc2-c2ccc(-c3ccccc3)cc2)c1.[Ir+3]. The van der Waals surface area contributed by atoms with E-state index in [2.05, 4.69) is 214 Å². The molecule has 0 fully saturated rings. The molecule has 0 N–H and O–H groups in total. The molecule has 0 aliphatic rings. The van der Waals surface area contributed by atoms with Gasteiger partial charge in [-0.1, -0.05) is 146 Å². The number of rotatable bonds is 11. The summed E-state index contributed by atoms with van der Waals surface area (Å²) in [6.45, 7) is 4.35. The zero-order valence-corrected chi connectivity index (χ0v) is 43.8. The van der Waals surface area contributed by atoms with E-state index in [1.807, 2.05) is 73.2 Å². The molecule has 3 heterocycles. The van der Waals surface area contributed by atoms with Crippen LogP contribution in [0.2, 0.25) is 0 Å². The second kappa shape index (κ2) is 21.7. The fourth-order valence-electron chi connectivity index (χ4n) is 10.2. The molecular weight excluding hydrogens is 1090 g/mol. The average Bonchev–Trinajstić information content (AvgIpc) is 3.48. The Kier molecular flexibility index (Phi) is 14.0. The average molecular weight is 1140 g/mol. The first-order chi connectivity index (χ1) is 36.5. The molecule has 0 amide bonds. The number of aryl methyl sites for hydroxylation is 2. The largest absolute Gasteiger partial charge is 3.00 e. The van der Waals surface area contributed by atoms with E-state index in [1.54, 1.807) is 0 Å². The van der Waals surface area contributed by atoms with Crippen LogP contribution in [0, 0.1) is 32.0 Å². The van der Waals surface area contributed by atoms with Gasteiger partial charge in [-0.2, -0.15) is 0 Å². The van der Waals surface area contributed by atoms with E-state index in [0.29, 0.717) is 0 Å². The Balaban J connectivity index is 0.00000602. The van der Waals surface area contributed by atoms with Gasteiger partial charge in [-0.3, -0.25) is 0 Å². The quantitative estimate of drug-likeness (QED) is 0.121. The molecule has 12 aromatic rings. The Morgan fingerprint density at radius 2 is 0.587 bits per heavy atom. The van der Waals surface area contributed by atoms with Crippen LogP contribution in [0.5, 0.6) is 0 Å². The molecule has 9 aromatic carbocycles. The standard InChI is InChI=1S/C71H48N3.Ir/c1-48-39-69(53-23-9-4-10-24-53)72-45-66(48)62-32-18-15-29-59(62)56-41-57(60-30-16-19-33-63(60)67-46-73-70(40-49(67)2)54-25-11-5-12-26-54)43-58(42-56)61-31-17-20-34-64(61)68-47-74-71(55-27-13-6-14-28-55)44-65(68)52-37-35-51(36-38-52)50-21-7-3-8-22-50;/h3-23,25,27,29-47H,1-2H3;/q-3;+3. The predicted octanol–water partition coefficient (Wildman–Crippen LogP) is 18.2. The van der Waals surface area contributed by atoms with Crippen molar-refractivity contribution in [1.29, 1.82) is 0 Å². The molecule has 4 heteroatoms. The molecule has 0 saturated carbocycles. The summed E-state index contributed by atoms with van der Waals surface area (Å²) < 4.78 is 0. The van der Waals surface area contributed by atoms with Gasteiger partial charge in [-0.05, 0) is 133 Å². The van der Waals surface area contributed by atoms with Gasteiger partial charge >= 0.3 is 20.1 Å². The molecule has 3 nitrogen and oxygen atoms in total. The third-order valence-corrected chi connectivity index (χ3v) is 13.9. The van der Waals surface area contributed by atoms with E-state index in [4.69, 9.17) is 15.0 Å². The second-order valence-electron chi connectivity index (χ2n) is 18.6. The van der Waals surface area contributed by atoms with Crippen LogP contribution in [0.1, 0.15) is 11.1 Å². The van der Waals surface area contributed by atoms with Gasteiger partial charge in [0.1, 0.15) is 0 Å². The molecule has 0 bridgehead atoms. The van der Waals surface area contributed by atoms with Crippen molar-refractivity contribution in [2.45, 2.75) is 13.8 Å². The third-order valence-electron chi connectivity index (χ3n) is 13.9. The van der Waals surface area contributed by atoms with E-state index in [1.165, 1.54) is 11.1 Å². The normalized spacial score (nSPS) is 11.0. The van der Waals surface area contributed by atoms with Gasteiger partial charge in [0, 0.05) is 35.3 Å². The maximum Gasteiger partial charge on any atom is 3.00 e. The first kappa shape index (κ1) is 48.4. The van der Waals surface area contributed by atoms with Gasteiger partial charge in [0.25, 0.3) is 0 Å². The molecular formula is C71H48IrN3. The molecule has 0 spiro atoms. The van der Waals surface area contributed by atoms with E-state index < -0.39 is 0 Å². The summed E-state index contributed by atoms with van der Waals surface area (Å²) in [5, 5.41) is 0. The van der Waals surface area contributed by atoms with Crippen molar-refractivity contribution in [2.24, 2.45) is 0 Å². The predicted molar refractivity (Wildman–Crippen MR) is 306 cm³/mol. The van der Waals surface area contributed by atoms with Gasteiger partial charge in [-0.25, -0.2) is 0 Å². The molecule has 0 saturated heterocycles. The molecule has 3 aromatic heterocycles. The van der Waals surface area contributed by atoms with Crippen molar-refractivity contribution < 1.29 is 20.1 Å². The van der Waals surface area contributed by atoms with E-state index >= 15 is 0 Å². The maximum atomic E-state index is 5.15. The van der Waals surface area contributed by atoms with Crippen molar-refractivity contribution in [1.82, 2.24) is 15.0 Å².